The Morgan fingerprint density at radius 1 is 1.32 bits per heavy atom. The Morgan fingerprint density at radius 2 is 1.96 bits per heavy atom. The Kier molecular flexibility index (Phi) is 7.88. The smallest absolute Gasteiger partial charge is 0.481 e. The molecule has 1 unspecified atom stereocenters. The lowest BCUT2D eigenvalue weighted by atomic mass is 9.99. The average molecular weight is 365 g/mol. The molecule has 142 valence electrons. The minimum atomic E-state index is -5.08. The van der Waals surface area contributed by atoms with E-state index in [2.05, 4.69) is 16.1 Å². The van der Waals surface area contributed by atoms with Gasteiger partial charge in [-0.3, -0.25) is 14.4 Å². The third-order valence-corrected chi connectivity index (χ3v) is 3.89. The van der Waals surface area contributed by atoms with Gasteiger partial charge >= 0.3 is 18.1 Å². The van der Waals surface area contributed by atoms with Gasteiger partial charge in [0.1, 0.15) is 0 Å². The fourth-order valence-corrected chi connectivity index (χ4v) is 2.74. The topological polar surface area (TPSA) is 95.7 Å². The maximum atomic E-state index is 10.6. The van der Waals surface area contributed by atoms with Crippen LogP contribution in [0.25, 0.3) is 0 Å². The Bertz CT molecular complexity index is 575. The van der Waals surface area contributed by atoms with Crippen molar-refractivity contribution in [2.45, 2.75) is 44.3 Å². The SMILES string of the molecule is Cn1nccc1C1CCCCN1CCCC(=O)O.O=C(O)C(F)(F)F. The highest BCUT2D eigenvalue weighted by molar-refractivity contribution is 5.73. The van der Waals surface area contributed by atoms with Crippen molar-refractivity contribution in [3.8, 4) is 0 Å². The Hall–Kier alpha value is -2.10. The number of aryl methyl sites for hydroxylation is 1. The van der Waals surface area contributed by atoms with Crippen LogP contribution < -0.4 is 0 Å². The number of piperidine rings is 1. The van der Waals surface area contributed by atoms with Gasteiger partial charge in [-0.05, 0) is 38.4 Å². The highest BCUT2D eigenvalue weighted by Gasteiger charge is 2.38. The molecule has 2 heterocycles. The largest absolute Gasteiger partial charge is 0.490 e. The van der Waals surface area contributed by atoms with Gasteiger partial charge in [0.2, 0.25) is 0 Å². The molecule has 1 aliphatic rings. The van der Waals surface area contributed by atoms with Crippen LogP contribution in [0.4, 0.5) is 13.2 Å². The lowest BCUT2D eigenvalue weighted by Gasteiger charge is -2.35. The van der Waals surface area contributed by atoms with Crippen molar-refractivity contribution in [3.63, 3.8) is 0 Å². The molecule has 10 heteroatoms. The molecule has 0 radical (unpaired) electrons. The Balaban J connectivity index is 0.000000381. The first kappa shape index (κ1) is 20.9. The maximum absolute atomic E-state index is 10.6. The minimum Gasteiger partial charge on any atom is -0.481 e. The number of hydrogen-bond donors (Lipinski definition) is 2. The van der Waals surface area contributed by atoms with Gasteiger partial charge in [-0.2, -0.15) is 18.3 Å². The molecule has 1 fully saturated rings. The third kappa shape index (κ3) is 7.12. The molecule has 7 nitrogen and oxygen atoms in total. The number of carbonyl (C=O) groups is 2. The first-order valence-electron chi connectivity index (χ1n) is 7.86. The van der Waals surface area contributed by atoms with Crippen LogP contribution in [-0.2, 0) is 16.6 Å². The molecule has 2 rings (SSSR count). The number of rotatable bonds is 5. The van der Waals surface area contributed by atoms with E-state index in [-0.39, 0.29) is 6.42 Å². The lowest BCUT2D eigenvalue weighted by molar-refractivity contribution is -0.192. The molecule has 1 atom stereocenters. The van der Waals surface area contributed by atoms with Crippen LogP contribution in [0.3, 0.4) is 0 Å². The summed E-state index contributed by atoms with van der Waals surface area (Å²) in [6.07, 6.45) is 1.33. The summed E-state index contributed by atoms with van der Waals surface area (Å²) in [4.78, 5) is 21.9. The van der Waals surface area contributed by atoms with Gasteiger partial charge in [-0.25, -0.2) is 4.79 Å². The number of likely N-dealkylation sites (tertiary alicyclic amines) is 1. The molecule has 1 aromatic heterocycles. The first-order chi connectivity index (χ1) is 11.6. The standard InChI is InChI=1S/C13H21N3O2.C2HF3O2/c1-15-11(7-8-14-15)12-5-2-3-9-16(12)10-4-6-13(17)18;3-2(4,5)1(6)7/h7-8,12H,2-6,9-10H2,1H3,(H,17,18);(H,6,7). The van der Waals surface area contributed by atoms with Gasteiger partial charge in [0.15, 0.2) is 0 Å². The van der Waals surface area contributed by atoms with E-state index in [9.17, 15) is 18.0 Å². The number of carboxylic acids is 2. The normalized spacial score (nSPS) is 18.3. The molecule has 0 bridgehead atoms. The minimum absolute atomic E-state index is 0.259. The highest BCUT2D eigenvalue weighted by Crippen LogP contribution is 2.30. The number of alkyl halides is 3. The van der Waals surface area contributed by atoms with Gasteiger partial charge in [-0.15, -0.1) is 0 Å². The predicted octanol–water partition coefficient (Wildman–Crippen LogP) is 2.45. The summed E-state index contributed by atoms with van der Waals surface area (Å²) in [6.45, 7) is 1.93. The molecule has 25 heavy (non-hydrogen) atoms. The van der Waals surface area contributed by atoms with Crippen LogP contribution in [0.5, 0.6) is 0 Å². The summed E-state index contributed by atoms with van der Waals surface area (Å²) < 4.78 is 33.7. The second kappa shape index (κ2) is 9.40. The van der Waals surface area contributed by atoms with Crippen molar-refractivity contribution in [1.82, 2.24) is 14.7 Å². The van der Waals surface area contributed by atoms with Crippen LogP contribution in [-0.4, -0.2) is 56.1 Å². The van der Waals surface area contributed by atoms with Crippen LogP contribution in [0.1, 0.15) is 43.8 Å². The summed E-state index contributed by atoms with van der Waals surface area (Å²) in [6, 6.07) is 2.47. The number of carboxylic acid groups (broad SMARTS) is 2. The number of aliphatic carboxylic acids is 2. The van der Waals surface area contributed by atoms with Crippen molar-refractivity contribution < 1.29 is 33.0 Å². The Labute approximate surface area is 143 Å². The van der Waals surface area contributed by atoms with Gasteiger partial charge in [-0.1, -0.05) is 6.42 Å². The molecule has 0 saturated carbocycles. The van der Waals surface area contributed by atoms with E-state index < -0.39 is 18.1 Å². The highest BCUT2D eigenvalue weighted by atomic mass is 19.4. The monoisotopic (exact) mass is 365 g/mol. The molecule has 2 N–H and O–H groups in total. The van der Waals surface area contributed by atoms with Crippen LogP contribution in [0, 0.1) is 0 Å². The Morgan fingerprint density at radius 3 is 2.44 bits per heavy atom. The van der Waals surface area contributed by atoms with Crippen molar-refractivity contribution in [2.24, 2.45) is 7.05 Å². The zero-order valence-electron chi connectivity index (χ0n) is 13.9. The van der Waals surface area contributed by atoms with E-state index >= 15 is 0 Å². The molecule has 0 aromatic carbocycles. The van der Waals surface area contributed by atoms with E-state index in [1.165, 1.54) is 18.5 Å². The van der Waals surface area contributed by atoms with Crippen LogP contribution >= 0.6 is 0 Å². The lowest BCUT2D eigenvalue weighted by Crippen LogP contribution is -2.35. The quantitative estimate of drug-likeness (QED) is 0.832. The summed E-state index contributed by atoms with van der Waals surface area (Å²) >= 11 is 0. The van der Waals surface area contributed by atoms with Crippen LogP contribution in [0.2, 0.25) is 0 Å². The van der Waals surface area contributed by atoms with Crippen molar-refractivity contribution in [2.75, 3.05) is 13.1 Å². The zero-order chi connectivity index (χ0) is 19.0. The molecule has 0 amide bonds. The molecule has 0 aliphatic carbocycles. The van der Waals surface area contributed by atoms with E-state index in [0.29, 0.717) is 6.04 Å². The number of aromatic nitrogens is 2. The number of halogens is 3. The second-order valence-corrected chi connectivity index (χ2v) is 5.73. The van der Waals surface area contributed by atoms with Gasteiger partial charge in [0, 0.05) is 19.7 Å². The van der Waals surface area contributed by atoms with E-state index in [1.54, 1.807) is 0 Å². The zero-order valence-corrected chi connectivity index (χ0v) is 13.9. The van der Waals surface area contributed by atoms with Gasteiger partial charge in [0.05, 0.1) is 11.7 Å². The molecule has 1 saturated heterocycles. The molecule has 1 aliphatic heterocycles. The maximum Gasteiger partial charge on any atom is 0.490 e. The number of nitrogens with zero attached hydrogens (tertiary/aromatic N) is 3. The van der Waals surface area contributed by atoms with Gasteiger partial charge < -0.3 is 10.2 Å². The fourth-order valence-electron chi connectivity index (χ4n) is 2.74. The van der Waals surface area contributed by atoms with E-state index in [1.807, 2.05) is 17.9 Å². The van der Waals surface area contributed by atoms with E-state index in [4.69, 9.17) is 15.0 Å². The second-order valence-electron chi connectivity index (χ2n) is 5.73. The van der Waals surface area contributed by atoms with E-state index in [0.717, 1.165) is 25.9 Å². The summed E-state index contributed by atoms with van der Waals surface area (Å²) in [7, 11) is 1.97. The molecule has 1 aromatic rings. The predicted molar refractivity (Wildman–Crippen MR) is 81.9 cm³/mol. The summed E-state index contributed by atoms with van der Waals surface area (Å²) in [5, 5.41) is 20.1. The van der Waals surface area contributed by atoms with Crippen molar-refractivity contribution in [3.05, 3.63) is 18.0 Å². The van der Waals surface area contributed by atoms with Crippen molar-refractivity contribution >= 4 is 11.9 Å². The third-order valence-electron chi connectivity index (χ3n) is 3.89. The van der Waals surface area contributed by atoms with Gasteiger partial charge in [0.25, 0.3) is 0 Å². The fraction of sp³-hybridized carbons (Fsp3) is 0.667. The summed E-state index contributed by atoms with van der Waals surface area (Å²) in [5.41, 5.74) is 1.24. The number of hydrogen-bond acceptors (Lipinski definition) is 4. The average Bonchev–Trinajstić information content (AvgIpc) is 2.93. The molecular weight excluding hydrogens is 343 g/mol. The van der Waals surface area contributed by atoms with Crippen molar-refractivity contribution in [1.29, 1.82) is 0 Å². The molecule has 0 spiro atoms. The molecular formula is C15H22F3N3O4. The first-order valence-corrected chi connectivity index (χ1v) is 7.86. The van der Waals surface area contributed by atoms with Crippen LogP contribution in [0.15, 0.2) is 12.3 Å². The summed E-state index contributed by atoms with van der Waals surface area (Å²) in [5.74, 6) is -3.46.